The van der Waals surface area contributed by atoms with Gasteiger partial charge in [-0.1, -0.05) is 30.3 Å². The van der Waals surface area contributed by atoms with Gasteiger partial charge in [0.15, 0.2) is 0 Å². The first-order valence-electron chi connectivity index (χ1n) is 6.61. The van der Waals surface area contributed by atoms with Crippen molar-refractivity contribution in [3.05, 3.63) is 57.3 Å². The number of carbonyl (C=O) groups is 1. The minimum atomic E-state index is -0.837. The summed E-state index contributed by atoms with van der Waals surface area (Å²) in [6.45, 7) is 3.74. The van der Waals surface area contributed by atoms with E-state index >= 15 is 0 Å². The molecule has 0 aliphatic carbocycles. The van der Waals surface area contributed by atoms with Gasteiger partial charge in [-0.05, 0) is 37.6 Å². The standard InChI is InChI=1S/C16H19NO2S/c1-12-14(10-15(20-12)16(18)19)11-17(2)9-8-13-6-4-3-5-7-13/h3-7,10H,8-9,11H2,1-2H3,(H,18,19). The van der Waals surface area contributed by atoms with E-state index in [1.54, 1.807) is 6.07 Å². The summed E-state index contributed by atoms with van der Waals surface area (Å²) in [5, 5.41) is 9.01. The lowest BCUT2D eigenvalue weighted by molar-refractivity contribution is 0.0702. The molecule has 1 N–H and O–H groups in total. The van der Waals surface area contributed by atoms with Gasteiger partial charge in [0.2, 0.25) is 0 Å². The number of rotatable bonds is 6. The molecule has 0 unspecified atom stereocenters. The van der Waals surface area contributed by atoms with E-state index in [1.165, 1.54) is 16.9 Å². The third-order valence-electron chi connectivity index (χ3n) is 3.30. The van der Waals surface area contributed by atoms with Crippen LogP contribution in [0.15, 0.2) is 36.4 Å². The monoisotopic (exact) mass is 289 g/mol. The Hall–Kier alpha value is -1.65. The van der Waals surface area contributed by atoms with Gasteiger partial charge >= 0.3 is 5.97 Å². The Morgan fingerprint density at radius 3 is 2.60 bits per heavy atom. The van der Waals surface area contributed by atoms with E-state index in [0.717, 1.165) is 30.0 Å². The molecule has 20 heavy (non-hydrogen) atoms. The van der Waals surface area contributed by atoms with Crippen LogP contribution in [0, 0.1) is 6.92 Å². The highest BCUT2D eigenvalue weighted by Gasteiger charge is 2.12. The van der Waals surface area contributed by atoms with Crippen LogP contribution in [0.1, 0.15) is 25.7 Å². The summed E-state index contributed by atoms with van der Waals surface area (Å²) in [6, 6.07) is 12.2. The largest absolute Gasteiger partial charge is 0.477 e. The maximum Gasteiger partial charge on any atom is 0.345 e. The van der Waals surface area contributed by atoms with E-state index in [2.05, 4.69) is 36.2 Å². The minimum Gasteiger partial charge on any atom is -0.477 e. The van der Waals surface area contributed by atoms with Gasteiger partial charge in [0.1, 0.15) is 4.88 Å². The van der Waals surface area contributed by atoms with Crippen molar-refractivity contribution in [3.63, 3.8) is 0 Å². The van der Waals surface area contributed by atoms with Crippen LogP contribution < -0.4 is 0 Å². The molecule has 0 radical (unpaired) electrons. The highest BCUT2D eigenvalue weighted by atomic mass is 32.1. The summed E-state index contributed by atoms with van der Waals surface area (Å²) in [4.78, 5) is 14.7. The normalized spacial score (nSPS) is 10.9. The summed E-state index contributed by atoms with van der Waals surface area (Å²) in [5.74, 6) is -0.837. The fourth-order valence-electron chi connectivity index (χ4n) is 2.12. The van der Waals surface area contributed by atoms with Crippen molar-refractivity contribution in [2.45, 2.75) is 19.9 Å². The van der Waals surface area contributed by atoms with Gasteiger partial charge in [0.05, 0.1) is 0 Å². The molecule has 1 aromatic heterocycles. The van der Waals surface area contributed by atoms with E-state index in [4.69, 9.17) is 5.11 Å². The van der Waals surface area contributed by atoms with Crippen LogP contribution >= 0.6 is 11.3 Å². The number of nitrogens with zero attached hydrogens (tertiary/aromatic N) is 1. The Morgan fingerprint density at radius 2 is 2.00 bits per heavy atom. The zero-order chi connectivity index (χ0) is 14.5. The minimum absolute atomic E-state index is 0.425. The summed E-state index contributed by atoms with van der Waals surface area (Å²) in [7, 11) is 2.07. The molecule has 0 amide bonds. The molecule has 2 aromatic rings. The number of hydrogen-bond acceptors (Lipinski definition) is 3. The predicted molar refractivity (Wildman–Crippen MR) is 82.5 cm³/mol. The van der Waals surface area contributed by atoms with Crippen LogP contribution in [0.4, 0.5) is 0 Å². The SMILES string of the molecule is Cc1sc(C(=O)O)cc1CN(C)CCc1ccccc1. The third kappa shape index (κ3) is 3.92. The number of thiophene rings is 1. The lowest BCUT2D eigenvalue weighted by Gasteiger charge is -2.16. The van der Waals surface area contributed by atoms with Crippen molar-refractivity contribution < 1.29 is 9.90 Å². The van der Waals surface area contributed by atoms with E-state index in [-0.39, 0.29) is 0 Å². The lowest BCUT2D eigenvalue weighted by Crippen LogP contribution is -2.20. The first-order valence-corrected chi connectivity index (χ1v) is 7.43. The molecular weight excluding hydrogens is 270 g/mol. The molecular formula is C16H19NO2S. The maximum atomic E-state index is 11.0. The van der Waals surface area contributed by atoms with E-state index in [0.29, 0.717) is 4.88 Å². The molecule has 0 saturated heterocycles. The van der Waals surface area contributed by atoms with Crippen molar-refractivity contribution in [3.8, 4) is 0 Å². The maximum absolute atomic E-state index is 11.0. The second-order valence-corrected chi connectivity index (χ2v) is 6.23. The summed E-state index contributed by atoms with van der Waals surface area (Å²) >= 11 is 1.35. The number of aromatic carboxylic acids is 1. The molecule has 0 bridgehead atoms. The quantitative estimate of drug-likeness (QED) is 0.885. The van der Waals surface area contributed by atoms with Crippen molar-refractivity contribution in [1.29, 1.82) is 0 Å². The van der Waals surface area contributed by atoms with Crippen molar-refractivity contribution in [2.24, 2.45) is 0 Å². The van der Waals surface area contributed by atoms with E-state index in [9.17, 15) is 4.79 Å². The van der Waals surface area contributed by atoms with Gasteiger partial charge < -0.3 is 10.0 Å². The van der Waals surface area contributed by atoms with Crippen molar-refractivity contribution in [2.75, 3.05) is 13.6 Å². The second kappa shape index (κ2) is 6.68. The number of carboxylic acids is 1. The van der Waals surface area contributed by atoms with Gasteiger partial charge in [0, 0.05) is 18.0 Å². The van der Waals surface area contributed by atoms with Gasteiger partial charge in [-0.15, -0.1) is 11.3 Å². The van der Waals surface area contributed by atoms with Crippen LogP contribution in [0.25, 0.3) is 0 Å². The Morgan fingerprint density at radius 1 is 1.30 bits per heavy atom. The number of aryl methyl sites for hydroxylation is 1. The van der Waals surface area contributed by atoms with Gasteiger partial charge in [-0.2, -0.15) is 0 Å². The fourth-order valence-corrected chi connectivity index (χ4v) is 2.99. The molecule has 2 rings (SSSR count). The Balaban J connectivity index is 1.91. The second-order valence-electron chi connectivity index (χ2n) is 4.97. The summed E-state index contributed by atoms with van der Waals surface area (Å²) in [5.41, 5.74) is 2.44. The van der Waals surface area contributed by atoms with Gasteiger partial charge in [-0.25, -0.2) is 4.79 Å². The average Bonchev–Trinajstić information content (AvgIpc) is 2.79. The fraction of sp³-hybridized carbons (Fsp3) is 0.312. The highest BCUT2D eigenvalue weighted by molar-refractivity contribution is 7.14. The lowest BCUT2D eigenvalue weighted by atomic mass is 10.1. The molecule has 0 atom stereocenters. The van der Waals surface area contributed by atoms with Crippen LogP contribution in [0.3, 0.4) is 0 Å². The topological polar surface area (TPSA) is 40.5 Å². The molecule has 0 aliphatic heterocycles. The summed E-state index contributed by atoms with van der Waals surface area (Å²) in [6.07, 6.45) is 1.01. The first kappa shape index (κ1) is 14.8. The van der Waals surface area contributed by atoms with Crippen LogP contribution in [-0.4, -0.2) is 29.6 Å². The molecule has 0 aliphatic rings. The van der Waals surface area contributed by atoms with Gasteiger partial charge in [-0.3, -0.25) is 0 Å². The number of carboxylic acid groups (broad SMARTS) is 1. The Labute approximate surface area is 123 Å². The number of benzene rings is 1. The molecule has 0 fully saturated rings. The summed E-state index contributed by atoms with van der Waals surface area (Å²) < 4.78 is 0. The Kier molecular flexibility index (Phi) is 4.93. The zero-order valence-electron chi connectivity index (χ0n) is 11.8. The average molecular weight is 289 g/mol. The zero-order valence-corrected chi connectivity index (χ0v) is 12.6. The number of hydrogen-bond donors (Lipinski definition) is 1. The van der Waals surface area contributed by atoms with Crippen LogP contribution in [-0.2, 0) is 13.0 Å². The smallest absolute Gasteiger partial charge is 0.345 e. The van der Waals surface area contributed by atoms with Crippen molar-refractivity contribution in [1.82, 2.24) is 4.90 Å². The first-order chi connectivity index (χ1) is 9.56. The van der Waals surface area contributed by atoms with Crippen LogP contribution in [0.5, 0.6) is 0 Å². The van der Waals surface area contributed by atoms with Gasteiger partial charge in [0.25, 0.3) is 0 Å². The molecule has 1 aromatic carbocycles. The number of likely N-dealkylation sites (N-methyl/N-ethyl adjacent to an activating group) is 1. The molecule has 1 heterocycles. The molecule has 3 nitrogen and oxygen atoms in total. The molecule has 4 heteroatoms. The predicted octanol–water partition coefficient (Wildman–Crippen LogP) is 3.43. The van der Waals surface area contributed by atoms with Crippen molar-refractivity contribution >= 4 is 17.3 Å². The molecule has 106 valence electrons. The highest BCUT2D eigenvalue weighted by Crippen LogP contribution is 2.22. The third-order valence-corrected chi connectivity index (χ3v) is 4.38. The molecule has 0 saturated carbocycles. The van der Waals surface area contributed by atoms with E-state index in [1.807, 2.05) is 13.0 Å². The Bertz CT molecular complexity index is 577. The van der Waals surface area contributed by atoms with E-state index < -0.39 is 5.97 Å². The molecule has 0 spiro atoms. The van der Waals surface area contributed by atoms with Crippen LogP contribution in [0.2, 0.25) is 0 Å².